The first kappa shape index (κ1) is 24.9. The van der Waals surface area contributed by atoms with Crippen molar-refractivity contribution >= 4 is 46.9 Å². The Morgan fingerprint density at radius 2 is 1.65 bits per heavy atom. The lowest BCUT2D eigenvalue weighted by Crippen LogP contribution is -2.32. The Bertz CT molecular complexity index is 1200. The summed E-state index contributed by atoms with van der Waals surface area (Å²) in [5, 5.41) is 7.29. The van der Waals surface area contributed by atoms with E-state index in [0.29, 0.717) is 44.1 Å². The number of methoxy groups -OCH3 is 2. The number of carbonyl (C=O) groups excluding carboxylic acids is 2. The van der Waals surface area contributed by atoms with Gasteiger partial charge in [0.15, 0.2) is 11.5 Å². The molecule has 10 heteroatoms. The van der Waals surface area contributed by atoms with Crippen LogP contribution in [-0.4, -0.2) is 32.2 Å². The van der Waals surface area contributed by atoms with E-state index in [-0.39, 0.29) is 6.61 Å². The van der Waals surface area contributed by atoms with Crippen molar-refractivity contribution in [2.24, 2.45) is 5.10 Å². The average Bonchev–Trinajstić information content (AvgIpc) is 2.84. The summed E-state index contributed by atoms with van der Waals surface area (Å²) >= 11 is 12.4. The lowest BCUT2D eigenvalue weighted by molar-refractivity contribution is -0.136. The SMILES string of the molecule is COc1cccc(NC(=O)C(=O)N/N=C\c2ccc(OCc3c(Cl)cccc3Cl)c(OC)c2)c1. The number of hydrazone groups is 1. The Balaban J connectivity index is 1.59. The first-order chi connectivity index (χ1) is 16.4. The van der Waals surface area contributed by atoms with Crippen LogP contribution in [0.2, 0.25) is 10.0 Å². The molecular formula is C24H21Cl2N3O5. The van der Waals surface area contributed by atoms with E-state index in [1.165, 1.54) is 20.4 Å². The van der Waals surface area contributed by atoms with Crippen LogP contribution in [0.3, 0.4) is 0 Å². The minimum Gasteiger partial charge on any atom is -0.497 e. The normalized spacial score (nSPS) is 10.6. The number of amides is 2. The lowest BCUT2D eigenvalue weighted by Gasteiger charge is -2.13. The monoisotopic (exact) mass is 501 g/mol. The predicted molar refractivity (Wildman–Crippen MR) is 131 cm³/mol. The third-order valence-electron chi connectivity index (χ3n) is 4.53. The van der Waals surface area contributed by atoms with Gasteiger partial charge in [-0.05, 0) is 48.0 Å². The number of nitrogens with one attached hydrogen (secondary N) is 2. The molecule has 0 fully saturated rings. The number of ether oxygens (including phenoxy) is 3. The molecule has 8 nitrogen and oxygen atoms in total. The zero-order chi connectivity index (χ0) is 24.5. The van der Waals surface area contributed by atoms with Crippen LogP contribution >= 0.6 is 23.2 Å². The minimum atomic E-state index is -0.928. The van der Waals surface area contributed by atoms with E-state index in [9.17, 15) is 9.59 Å². The smallest absolute Gasteiger partial charge is 0.329 e. The molecule has 3 aromatic rings. The molecular weight excluding hydrogens is 481 g/mol. The highest BCUT2D eigenvalue weighted by Gasteiger charge is 2.13. The maximum atomic E-state index is 12.0. The third kappa shape index (κ3) is 6.63. The molecule has 0 saturated heterocycles. The first-order valence-corrected chi connectivity index (χ1v) is 10.7. The van der Waals surface area contributed by atoms with Crippen molar-refractivity contribution < 1.29 is 23.8 Å². The third-order valence-corrected chi connectivity index (χ3v) is 5.24. The number of nitrogens with zero attached hydrogens (tertiary/aromatic N) is 1. The number of hydrogen-bond acceptors (Lipinski definition) is 6. The van der Waals surface area contributed by atoms with Gasteiger partial charge < -0.3 is 19.5 Å². The standard InChI is InChI=1S/C24H21Cl2N3O5/c1-32-17-6-3-5-16(12-17)28-23(30)24(31)29-27-13-15-9-10-21(22(11-15)33-2)34-14-18-19(25)7-4-8-20(18)26/h3-13H,14H2,1-2H3,(H,28,30)(H,29,31)/b27-13-. The second kappa shape index (κ2) is 11.9. The second-order valence-corrected chi connectivity index (χ2v) is 7.60. The molecule has 0 aliphatic heterocycles. The second-order valence-electron chi connectivity index (χ2n) is 6.78. The minimum absolute atomic E-state index is 0.154. The van der Waals surface area contributed by atoms with Crippen LogP contribution in [0.5, 0.6) is 17.2 Å². The summed E-state index contributed by atoms with van der Waals surface area (Å²) in [7, 11) is 3.00. The van der Waals surface area contributed by atoms with Crippen LogP contribution in [0.4, 0.5) is 5.69 Å². The van der Waals surface area contributed by atoms with Gasteiger partial charge in [-0.25, -0.2) is 5.43 Å². The number of benzene rings is 3. The van der Waals surface area contributed by atoms with Crippen LogP contribution in [0.1, 0.15) is 11.1 Å². The van der Waals surface area contributed by atoms with Gasteiger partial charge in [-0.15, -0.1) is 0 Å². The number of rotatable bonds is 8. The van der Waals surface area contributed by atoms with E-state index in [1.54, 1.807) is 60.7 Å². The Labute approximate surface area is 206 Å². The van der Waals surface area contributed by atoms with E-state index in [0.717, 1.165) is 0 Å². The Morgan fingerprint density at radius 3 is 2.35 bits per heavy atom. The number of anilines is 1. The summed E-state index contributed by atoms with van der Waals surface area (Å²) in [6.07, 6.45) is 1.37. The fourth-order valence-corrected chi connectivity index (χ4v) is 3.32. The fraction of sp³-hybridized carbons (Fsp3) is 0.125. The van der Waals surface area contributed by atoms with E-state index in [4.69, 9.17) is 37.4 Å². The Morgan fingerprint density at radius 1 is 0.912 bits per heavy atom. The van der Waals surface area contributed by atoms with Crippen LogP contribution in [0.15, 0.2) is 65.8 Å². The molecule has 2 amide bonds. The molecule has 34 heavy (non-hydrogen) atoms. The molecule has 3 aromatic carbocycles. The van der Waals surface area contributed by atoms with Crippen LogP contribution < -0.4 is 25.0 Å². The van der Waals surface area contributed by atoms with E-state index >= 15 is 0 Å². The first-order valence-electron chi connectivity index (χ1n) is 9.93. The van der Waals surface area contributed by atoms with Crippen molar-refractivity contribution in [3.63, 3.8) is 0 Å². The fourth-order valence-electron chi connectivity index (χ4n) is 2.81. The quantitative estimate of drug-likeness (QED) is 0.265. The zero-order valence-corrected chi connectivity index (χ0v) is 19.8. The predicted octanol–water partition coefficient (Wildman–Crippen LogP) is 4.68. The van der Waals surface area contributed by atoms with Crippen LogP contribution in [-0.2, 0) is 16.2 Å². The van der Waals surface area contributed by atoms with Gasteiger partial charge in [-0.2, -0.15) is 5.10 Å². The largest absolute Gasteiger partial charge is 0.497 e. The van der Waals surface area contributed by atoms with Gasteiger partial charge in [0, 0.05) is 27.4 Å². The molecule has 0 radical (unpaired) electrons. The summed E-state index contributed by atoms with van der Waals surface area (Å²) in [6, 6.07) is 16.9. The van der Waals surface area contributed by atoms with Crippen molar-refractivity contribution in [2.45, 2.75) is 6.61 Å². The molecule has 0 aliphatic carbocycles. The van der Waals surface area contributed by atoms with Gasteiger partial charge in [0.2, 0.25) is 0 Å². The van der Waals surface area contributed by atoms with Gasteiger partial charge in [-0.3, -0.25) is 9.59 Å². The van der Waals surface area contributed by atoms with E-state index in [2.05, 4.69) is 15.8 Å². The molecule has 0 spiro atoms. The van der Waals surface area contributed by atoms with Gasteiger partial charge >= 0.3 is 11.8 Å². The van der Waals surface area contributed by atoms with Crippen LogP contribution in [0.25, 0.3) is 0 Å². The molecule has 0 unspecified atom stereocenters. The summed E-state index contributed by atoms with van der Waals surface area (Å²) in [4.78, 5) is 24.1. The molecule has 0 bridgehead atoms. The zero-order valence-electron chi connectivity index (χ0n) is 18.3. The highest BCUT2D eigenvalue weighted by molar-refractivity contribution is 6.39. The highest BCUT2D eigenvalue weighted by atomic mass is 35.5. The van der Waals surface area contributed by atoms with Crippen molar-refractivity contribution in [3.8, 4) is 17.2 Å². The summed E-state index contributed by atoms with van der Waals surface area (Å²) < 4.78 is 16.3. The van der Waals surface area contributed by atoms with Gasteiger partial charge in [0.25, 0.3) is 0 Å². The topological polar surface area (TPSA) is 98.2 Å². The Kier molecular flexibility index (Phi) is 8.73. The highest BCUT2D eigenvalue weighted by Crippen LogP contribution is 2.31. The van der Waals surface area contributed by atoms with Crippen molar-refractivity contribution in [1.29, 1.82) is 0 Å². The molecule has 0 heterocycles. The molecule has 3 rings (SSSR count). The van der Waals surface area contributed by atoms with Gasteiger partial charge in [0.05, 0.1) is 20.4 Å². The summed E-state index contributed by atoms with van der Waals surface area (Å²) in [6.45, 7) is 0.154. The van der Waals surface area contributed by atoms with Crippen molar-refractivity contribution in [2.75, 3.05) is 19.5 Å². The number of halogens is 2. The van der Waals surface area contributed by atoms with Crippen LogP contribution in [0, 0.1) is 0 Å². The molecule has 176 valence electrons. The number of hydrogen-bond donors (Lipinski definition) is 2. The summed E-state index contributed by atoms with van der Waals surface area (Å²) in [5.41, 5.74) is 3.86. The lowest BCUT2D eigenvalue weighted by atomic mass is 10.2. The molecule has 0 saturated carbocycles. The molecule has 0 aliphatic rings. The average molecular weight is 502 g/mol. The summed E-state index contributed by atoms with van der Waals surface area (Å²) in [5.74, 6) is -0.341. The Hall–Kier alpha value is -3.75. The maximum absolute atomic E-state index is 12.0. The maximum Gasteiger partial charge on any atom is 0.329 e. The molecule has 0 aromatic heterocycles. The van der Waals surface area contributed by atoms with E-state index in [1.807, 2.05) is 0 Å². The number of carbonyl (C=O) groups is 2. The van der Waals surface area contributed by atoms with Gasteiger partial charge in [-0.1, -0.05) is 35.3 Å². The van der Waals surface area contributed by atoms with Gasteiger partial charge in [0.1, 0.15) is 12.4 Å². The molecule has 2 N–H and O–H groups in total. The van der Waals surface area contributed by atoms with Crippen molar-refractivity contribution in [1.82, 2.24) is 5.43 Å². The van der Waals surface area contributed by atoms with Crippen molar-refractivity contribution in [3.05, 3.63) is 81.8 Å². The molecule has 0 atom stereocenters. The van der Waals surface area contributed by atoms with E-state index < -0.39 is 11.8 Å².